The van der Waals surface area contributed by atoms with Gasteiger partial charge in [0.25, 0.3) is 5.56 Å². The number of rotatable bonds is 3. The molecule has 0 radical (unpaired) electrons. The Hall–Kier alpha value is -3.13. The summed E-state index contributed by atoms with van der Waals surface area (Å²) in [5.41, 5.74) is 0.695. The maximum atomic E-state index is 12.5. The van der Waals surface area contributed by atoms with Gasteiger partial charge in [-0.3, -0.25) is 4.79 Å². The SMILES string of the molecule is COc1cc(/C=N/n2c(=S)[nH]c3ccccc3c2=O)cc(O)c1O. The van der Waals surface area contributed by atoms with Gasteiger partial charge in [0.1, 0.15) is 0 Å². The van der Waals surface area contributed by atoms with Gasteiger partial charge in [0.05, 0.1) is 24.2 Å². The van der Waals surface area contributed by atoms with Crippen LogP contribution >= 0.6 is 12.2 Å². The maximum absolute atomic E-state index is 12.5. The van der Waals surface area contributed by atoms with E-state index in [4.69, 9.17) is 17.0 Å². The number of phenolic OH excluding ortho intramolecular Hbond substituents is 2. The molecule has 8 heteroatoms. The molecule has 0 amide bonds. The third-order valence-electron chi connectivity index (χ3n) is 3.40. The molecule has 0 spiro atoms. The van der Waals surface area contributed by atoms with Crippen molar-refractivity contribution in [1.29, 1.82) is 0 Å². The molecule has 0 unspecified atom stereocenters. The summed E-state index contributed by atoms with van der Waals surface area (Å²) < 4.78 is 6.15. The summed E-state index contributed by atoms with van der Waals surface area (Å²) in [7, 11) is 1.36. The maximum Gasteiger partial charge on any atom is 0.282 e. The number of H-pyrrole nitrogens is 1. The molecule has 0 saturated heterocycles. The van der Waals surface area contributed by atoms with Crippen molar-refractivity contribution in [2.45, 2.75) is 0 Å². The first-order valence-electron chi connectivity index (χ1n) is 6.89. The zero-order valence-electron chi connectivity index (χ0n) is 12.6. The normalized spacial score (nSPS) is 11.2. The Morgan fingerprint density at radius 3 is 2.79 bits per heavy atom. The Bertz CT molecular complexity index is 1070. The van der Waals surface area contributed by atoms with Crippen LogP contribution in [0.25, 0.3) is 10.9 Å². The van der Waals surface area contributed by atoms with Gasteiger partial charge in [0.15, 0.2) is 11.5 Å². The number of hydrogen-bond donors (Lipinski definition) is 3. The minimum Gasteiger partial charge on any atom is -0.504 e. The second-order valence-electron chi connectivity index (χ2n) is 4.93. The molecular weight excluding hydrogens is 330 g/mol. The molecule has 2 aromatic carbocycles. The van der Waals surface area contributed by atoms with Crippen LogP contribution in [0.3, 0.4) is 0 Å². The molecule has 0 fully saturated rings. The van der Waals surface area contributed by atoms with Crippen molar-refractivity contribution < 1.29 is 14.9 Å². The van der Waals surface area contributed by atoms with E-state index in [0.717, 1.165) is 4.68 Å². The van der Waals surface area contributed by atoms with Gasteiger partial charge in [-0.15, -0.1) is 0 Å². The first kappa shape index (κ1) is 15.8. The average Bonchev–Trinajstić information content (AvgIpc) is 2.57. The van der Waals surface area contributed by atoms with E-state index in [1.54, 1.807) is 24.3 Å². The highest BCUT2D eigenvalue weighted by Crippen LogP contribution is 2.35. The first-order chi connectivity index (χ1) is 11.5. The lowest BCUT2D eigenvalue weighted by Gasteiger charge is -2.06. The van der Waals surface area contributed by atoms with Gasteiger partial charge in [0.2, 0.25) is 10.5 Å². The van der Waals surface area contributed by atoms with E-state index in [9.17, 15) is 15.0 Å². The Kier molecular flexibility index (Phi) is 4.05. The average molecular weight is 343 g/mol. The van der Waals surface area contributed by atoms with Crippen molar-refractivity contribution in [3.8, 4) is 17.2 Å². The van der Waals surface area contributed by atoms with Crippen molar-refractivity contribution in [3.05, 3.63) is 57.1 Å². The Morgan fingerprint density at radius 1 is 1.29 bits per heavy atom. The lowest BCUT2D eigenvalue weighted by atomic mass is 10.2. The quantitative estimate of drug-likeness (QED) is 0.385. The van der Waals surface area contributed by atoms with Crippen LogP contribution in [0.4, 0.5) is 0 Å². The van der Waals surface area contributed by atoms with Gasteiger partial charge >= 0.3 is 0 Å². The van der Waals surface area contributed by atoms with Crippen LogP contribution in [0.5, 0.6) is 17.2 Å². The monoisotopic (exact) mass is 343 g/mol. The van der Waals surface area contributed by atoms with Gasteiger partial charge < -0.3 is 19.9 Å². The summed E-state index contributed by atoms with van der Waals surface area (Å²) in [6.07, 6.45) is 1.33. The lowest BCUT2D eigenvalue weighted by Crippen LogP contribution is -2.18. The summed E-state index contributed by atoms with van der Waals surface area (Å²) in [5.74, 6) is -0.630. The predicted octanol–water partition coefficient (Wildman–Crippen LogP) is 2.36. The van der Waals surface area contributed by atoms with Crippen LogP contribution < -0.4 is 10.3 Å². The van der Waals surface area contributed by atoms with Crippen molar-refractivity contribution in [2.24, 2.45) is 5.10 Å². The molecule has 0 bridgehead atoms. The Labute approximate surface area is 141 Å². The molecule has 0 aliphatic heterocycles. The van der Waals surface area contributed by atoms with E-state index in [2.05, 4.69) is 10.1 Å². The van der Waals surface area contributed by atoms with Gasteiger partial charge in [0, 0.05) is 5.56 Å². The highest BCUT2D eigenvalue weighted by Gasteiger charge is 2.09. The molecule has 24 heavy (non-hydrogen) atoms. The number of ether oxygens (including phenoxy) is 1. The fourth-order valence-electron chi connectivity index (χ4n) is 2.23. The van der Waals surface area contributed by atoms with Crippen LogP contribution in [0.1, 0.15) is 5.56 Å². The van der Waals surface area contributed by atoms with E-state index < -0.39 is 0 Å². The topological polar surface area (TPSA) is 99.8 Å². The third kappa shape index (κ3) is 2.74. The molecule has 7 nitrogen and oxygen atoms in total. The molecule has 0 atom stereocenters. The molecule has 1 heterocycles. The smallest absolute Gasteiger partial charge is 0.282 e. The van der Waals surface area contributed by atoms with Gasteiger partial charge in [-0.2, -0.15) is 9.78 Å². The van der Waals surface area contributed by atoms with E-state index >= 15 is 0 Å². The number of phenols is 2. The number of benzene rings is 2. The number of nitrogens with one attached hydrogen (secondary N) is 1. The standard InChI is InChI=1S/C16H13N3O4S/c1-23-13-7-9(6-12(20)14(13)21)8-17-19-15(22)10-4-2-3-5-11(10)18-16(19)24/h2-8,20-21H,1H3,(H,18,24)/b17-8+. The molecule has 0 aliphatic rings. The number of fused-ring (bicyclic) bond motifs is 1. The molecule has 3 rings (SSSR count). The van der Waals surface area contributed by atoms with E-state index in [-0.39, 0.29) is 27.6 Å². The molecule has 0 saturated carbocycles. The number of aromatic nitrogens is 2. The minimum atomic E-state index is -0.366. The van der Waals surface area contributed by atoms with Crippen LogP contribution in [0, 0.1) is 4.77 Å². The largest absolute Gasteiger partial charge is 0.504 e. The Balaban J connectivity index is 2.10. The summed E-state index contributed by atoms with van der Waals surface area (Å²) in [5, 5.41) is 23.8. The third-order valence-corrected chi connectivity index (χ3v) is 3.68. The van der Waals surface area contributed by atoms with E-state index in [0.29, 0.717) is 16.5 Å². The van der Waals surface area contributed by atoms with E-state index in [1.165, 1.54) is 25.5 Å². The highest BCUT2D eigenvalue weighted by molar-refractivity contribution is 7.71. The molecule has 3 aromatic rings. The van der Waals surface area contributed by atoms with Crippen molar-refractivity contribution in [1.82, 2.24) is 9.66 Å². The van der Waals surface area contributed by atoms with Gasteiger partial charge in [-0.05, 0) is 36.5 Å². The van der Waals surface area contributed by atoms with Crippen molar-refractivity contribution >= 4 is 29.3 Å². The minimum absolute atomic E-state index is 0.0902. The van der Waals surface area contributed by atoms with E-state index in [1.807, 2.05) is 0 Å². The zero-order valence-corrected chi connectivity index (χ0v) is 13.4. The van der Waals surface area contributed by atoms with Crippen LogP contribution in [0.15, 0.2) is 46.3 Å². The number of aromatic hydroxyl groups is 2. The number of aromatic amines is 1. The number of methoxy groups -OCH3 is 1. The number of para-hydroxylation sites is 1. The van der Waals surface area contributed by atoms with Crippen LogP contribution in [0.2, 0.25) is 0 Å². The van der Waals surface area contributed by atoms with Crippen LogP contribution in [-0.2, 0) is 0 Å². The molecule has 3 N–H and O–H groups in total. The number of nitrogens with zero attached hydrogens (tertiary/aromatic N) is 2. The summed E-state index contributed by atoms with van der Waals surface area (Å²) >= 11 is 5.16. The van der Waals surface area contributed by atoms with Crippen molar-refractivity contribution in [2.75, 3.05) is 7.11 Å². The molecule has 0 aliphatic carbocycles. The molecule has 1 aromatic heterocycles. The van der Waals surface area contributed by atoms with Gasteiger partial charge in [-0.25, -0.2) is 0 Å². The van der Waals surface area contributed by atoms with Crippen molar-refractivity contribution in [3.63, 3.8) is 0 Å². The summed E-state index contributed by atoms with van der Waals surface area (Å²) in [6, 6.07) is 9.73. The molecule has 122 valence electrons. The zero-order chi connectivity index (χ0) is 17.3. The van der Waals surface area contributed by atoms with Gasteiger partial charge in [-0.1, -0.05) is 12.1 Å². The first-order valence-corrected chi connectivity index (χ1v) is 7.30. The summed E-state index contributed by atoms with van der Waals surface area (Å²) in [6.45, 7) is 0. The summed E-state index contributed by atoms with van der Waals surface area (Å²) in [4.78, 5) is 15.4. The lowest BCUT2D eigenvalue weighted by molar-refractivity contribution is 0.351. The second kappa shape index (κ2) is 6.17. The highest BCUT2D eigenvalue weighted by atomic mass is 32.1. The molecular formula is C16H13N3O4S. The predicted molar refractivity (Wildman–Crippen MR) is 92.7 cm³/mol. The van der Waals surface area contributed by atoms with Crippen LogP contribution in [-0.4, -0.2) is 33.2 Å². The Morgan fingerprint density at radius 2 is 2.04 bits per heavy atom. The number of hydrogen-bond acceptors (Lipinski definition) is 6. The fourth-order valence-corrected chi connectivity index (χ4v) is 2.47. The fraction of sp³-hybridized carbons (Fsp3) is 0.0625. The second-order valence-corrected chi connectivity index (χ2v) is 5.31.